The molecule has 0 aliphatic carbocycles. The number of hydrogen-bond donors (Lipinski definition) is 2. The molecule has 0 fully saturated rings. The van der Waals surface area contributed by atoms with Crippen LogP contribution >= 0.6 is 0 Å². The molecule has 6 nitrogen and oxygen atoms in total. The Labute approximate surface area is 113 Å². The maximum Gasteiger partial charge on any atom is 0.251 e. The lowest BCUT2D eigenvalue weighted by Gasteiger charge is -2.08. The topological polar surface area (TPSA) is 88.2 Å². The fourth-order valence-electron chi connectivity index (χ4n) is 1.48. The van der Waals surface area contributed by atoms with E-state index in [1.807, 2.05) is 6.92 Å². The SMILES string of the molecule is CCc1cc(C(=O)NCCS(C)(=O)=O)cc(NC)n1. The van der Waals surface area contributed by atoms with Gasteiger partial charge in [0.15, 0.2) is 0 Å². The number of anilines is 1. The standard InChI is InChI=1S/C12H19N3O3S/c1-4-10-7-9(8-11(13-2)15-10)12(16)14-5-6-19(3,17)18/h7-8H,4-6H2,1-3H3,(H,13,15)(H,14,16). The highest BCUT2D eigenvalue weighted by molar-refractivity contribution is 7.90. The van der Waals surface area contributed by atoms with Crippen molar-refractivity contribution in [2.75, 3.05) is 30.9 Å². The summed E-state index contributed by atoms with van der Waals surface area (Å²) < 4.78 is 22.0. The van der Waals surface area contributed by atoms with Crippen LogP contribution in [-0.4, -0.2) is 44.9 Å². The summed E-state index contributed by atoms with van der Waals surface area (Å²) in [5.74, 6) is 0.258. The number of aryl methyl sites for hydroxylation is 1. The van der Waals surface area contributed by atoms with Gasteiger partial charge >= 0.3 is 0 Å². The first kappa shape index (κ1) is 15.4. The maximum absolute atomic E-state index is 11.9. The number of carbonyl (C=O) groups is 1. The molecule has 0 unspecified atom stereocenters. The van der Waals surface area contributed by atoms with E-state index >= 15 is 0 Å². The van der Waals surface area contributed by atoms with Gasteiger partial charge < -0.3 is 10.6 Å². The van der Waals surface area contributed by atoms with Crippen LogP contribution in [0.15, 0.2) is 12.1 Å². The largest absolute Gasteiger partial charge is 0.373 e. The van der Waals surface area contributed by atoms with E-state index in [1.165, 1.54) is 0 Å². The molecule has 1 amide bonds. The predicted octanol–water partition coefficient (Wildman–Crippen LogP) is 0.460. The Morgan fingerprint density at radius 1 is 1.37 bits per heavy atom. The Balaban J connectivity index is 2.76. The number of pyridine rings is 1. The molecule has 0 saturated carbocycles. The zero-order valence-electron chi connectivity index (χ0n) is 11.4. The summed E-state index contributed by atoms with van der Waals surface area (Å²) in [6.07, 6.45) is 1.86. The van der Waals surface area contributed by atoms with E-state index in [4.69, 9.17) is 0 Å². The summed E-state index contributed by atoms with van der Waals surface area (Å²) in [6.45, 7) is 2.06. The van der Waals surface area contributed by atoms with Crippen molar-refractivity contribution in [3.8, 4) is 0 Å². The summed E-state index contributed by atoms with van der Waals surface area (Å²) in [6, 6.07) is 3.34. The van der Waals surface area contributed by atoms with Crippen molar-refractivity contribution >= 4 is 21.6 Å². The van der Waals surface area contributed by atoms with Crippen molar-refractivity contribution in [2.24, 2.45) is 0 Å². The Morgan fingerprint density at radius 2 is 2.05 bits per heavy atom. The Morgan fingerprint density at radius 3 is 2.58 bits per heavy atom. The highest BCUT2D eigenvalue weighted by Gasteiger charge is 2.10. The number of carbonyl (C=O) groups excluding carboxylic acids is 1. The minimum atomic E-state index is -3.07. The van der Waals surface area contributed by atoms with Crippen LogP contribution in [0.1, 0.15) is 23.0 Å². The number of hydrogen-bond acceptors (Lipinski definition) is 5. The zero-order chi connectivity index (χ0) is 14.5. The molecule has 1 heterocycles. The molecule has 0 aliphatic heterocycles. The number of nitrogens with zero attached hydrogens (tertiary/aromatic N) is 1. The summed E-state index contributed by atoms with van der Waals surface area (Å²) in [5, 5.41) is 5.47. The van der Waals surface area contributed by atoms with Crippen LogP contribution in [-0.2, 0) is 16.3 Å². The van der Waals surface area contributed by atoms with Gasteiger partial charge in [0.1, 0.15) is 15.7 Å². The van der Waals surface area contributed by atoms with Crippen LogP contribution in [0.2, 0.25) is 0 Å². The van der Waals surface area contributed by atoms with E-state index < -0.39 is 9.84 Å². The van der Waals surface area contributed by atoms with Gasteiger partial charge in [-0.15, -0.1) is 0 Å². The zero-order valence-corrected chi connectivity index (χ0v) is 12.2. The van der Waals surface area contributed by atoms with E-state index in [0.29, 0.717) is 11.4 Å². The summed E-state index contributed by atoms with van der Waals surface area (Å²) in [5.41, 5.74) is 1.28. The average Bonchev–Trinajstić information content (AvgIpc) is 2.36. The second-order valence-electron chi connectivity index (χ2n) is 4.22. The third-order valence-corrected chi connectivity index (χ3v) is 3.46. The van der Waals surface area contributed by atoms with Gasteiger partial charge in [0.2, 0.25) is 0 Å². The number of rotatable bonds is 6. The molecule has 0 radical (unpaired) electrons. The smallest absolute Gasteiger partial charge is 0.251 e. The molecule has 106 valence electrons. The van der Waals surface area contributed by atoms with Crippen LogP contribution < -0.4 is 10.6 Å². The van der Waals surface area contributed by atoms with Gasteiger partial charge in [0.05, 0.1) is 5.75 Å². The normalized spacial score (nSPS) is 11.1. The molecule has 0 aromatic carbocycles. The first-order chi connectivity index (χ1) is 8.85. The van der Waals surface area contributed by atoms with Crippen LogP contribution in [0.4, 0.5) is 5.82 Å². The Kier molecular flexibility index (Phi) is 5.29. The van der Waals surface area contributed by atoms with E-state index in [2.05, 4.69) is 15.6 Å². The van der Waals surface area contributed by atoms with Gasteiger partial charge in [-0.2, -0.15) is 0 Å². The fraction of sp³-hybridized carbons (Fsp3) is 0.500. The number of amides is 1. The second kappa shape index (κ2) is 6.51. The molecular weight excluding hydrogens is 266 g/mol. The summed E-state index contributed by atoms with van der Waals surface area (Å²) >= 11 is 0. The predicted molar refractivity (Wildman–Crippen MR) is 75.2 cm³/mol. The van der Waals surface area contributed by atoms with Crippen molar-refractivity contribution in [2.45, 2.75) is 13.3 Å². The van der Waals surface area contributed by atoms with Crippen molar-refractivity contribution in [1.82, 2.24) is 10.3 Å². The lowest BCUT2D eigenvalue weighted by atomic mass is 10.2. The maximum atomic E-state index is 11.9. The Bertz CT molecular complexity index is 533. The van der Waals surface area contributed by atoms with E-state index in [9.17, 15) is 13.2 Å². The molecule has 19 heavy (non-hydrogen) atoms. The quantitative estimate of drug-likeness (QED) is 0.793. The van der Waals surface area contributed by atoms with Crippen molar-refractivity contribution in [1.29, 1.82) is 0 Å². The molecule has 0 atom stereocenters. The van der Waals surface area contributed by atoms with Gasteiger partial charge in [-0.3, -0.25) is 4.79 Å². The third-order valence-electron chi connectivity index (χ3n) is 2.52. The lowest BCUT2D eigenvalue weighted by molar-refractivity contribution is 0.0956. The lowest BCUT2D eigenvalue weighted by Crippen LogP contribution is -2.29. The van der Waals surface area contributed by atoms with Crippen LogP contribution in [0.5, 0.6) is 0 Å². The monoisotopic (exact) mass is 285 g/mol. The van der Waals surface area contributed by atoms with Crippen LogP contribution in [0.25, 0.3) is 0 Å². The van der Waals surface area contributed by atoms with Crippen LogP contribution in [0.3, 0.4) is 0 Å². The number of nitrogens with one attached hydrogen (secondary N) is 2. The molecule has 0 aliphatic rings. The molecule has 0 bridgehead atoms. The molecule has 2 N–H and O–H groups in total. The molecule has 1 aromatic heterocycles. The van der Waals surface area contributed by atoms with Crippen molar-refractivity contribution in [3.05, 3.63) is 23.4 Å². The molecule has 0 saturated heterocycles. The second-order valence-corrected chi connectivity index (χ2v) is 6.48. The van der Waals surface area contributed by atoms with Gasteiger partial charge in [-0.05, 0) is 18.6 Å². The van der Waals surface area contributed by atoms with Gasteiger partial charge in [-0.1, -0.05) is 6.92 Å². The number of aromatic nitrogens is 1. The minimum absolute atomic E-state index is 0.0661. The Hall–Kier alpha value is -1.63. The molecule has 7 heteroatoms. The molecule has 1 aromatic rings. The molecular formula is C12H19N3O3S. The highest BCUT2D eigenvalue weighted by atomic mass is 32.2. The van der Waals surface area contributed by atoms with E-state index in [1.54, 1.807) is 19.2 Å². The van der Waals surface area contributed by atoms with E-state index in [0.717, 1.165) is 18.4 Å². The third kappa shape index (κ3) is 5.25. The highest BCUT2D eigenvalue weighted by Crippen LogP contribution is 2.10. The van der Waals surface area contributed by atoms with E-state index in [-0.39, 0.29) is 18.2 Å². The molecule has 1 rings (SSSR count). The summed E-state index contributed by atoms with van der Waals surface area (Å²) in [7, 11) is -1.34. The minimum Gasteiger partial charge on any atom is -0.373 e. The average molecular weight is 285 g/mol. The van der Waals surface area contributed by atoms with Crippen LogP contribution in [0, 0.1) is 0 Å². The molecule has 0 spiro atoms. The van der Waals surface area contributed by atoms with Gasteiger partial charge in [-0.25, -0.2) is 13.4 Å². The van der Waals surface area contributed by atoms with Gasteiger partial charge in [0, 0.05) is 31.1 Å². The van der Waals surface area contributed by atoms with Crippen molar-refractivity contribution in [3.63, 3.8) is 0 Å². The van der Waals surface area contributed by atoms with Gasteiger partial charge in [0.25, 0.3) is 5.91 Å². The first-order valence-corrected chi connectivity index (χ1v) is 8.06. The fourth-order valence-corrected chi connectivity index (χ4v) is 1.95. The number of sulfone groups is 1. The summed E-state index contributed by atoms with van der Waals surface area (Å²) in [4.78, 5) is 16.2. The first-order valence-electron chi connectivity index (χ1n) is 6.00. The van der Waals surface area contributed by atoms with Crippen molar-refractivity contribution < 1.29 is 13.2 Å².